The van der Waals surface area contributed by atoms with Crippen LogP contribution in [0.25, 0.3) is 0 Å². The molecule has 0 bridgehead atoms. The molecule has 2 N–H and O–H groups in total. The van der Waals surface area contributed by atoms with Gasteiger partial charge in [-0.3, -0.25) is 15.1 Å². The Kier molecular flexibility index (Phi) is 4.86. The van der Waals surface area contributed by atoms with E-state index in [-0.39, 0.29) is 5.91 Å². The van der Waals surface area contributed by atoms with E-state index in [9.17, 15) is 4.79 Å². The van der Waals surface area contributed by atoms with E-state index in [1.165, 1.54) is 0 Å². The maximum absolute atomic E-state index is 11.4. The van der Waals surface area contributed by atoms with E-state index < -0.39 is 0 Å². The van der Waals surface area contributed by atoms with Crippen LogP contribution in [0.4, 0.5) is 0 Å². The van der Waals surface area contributed by atoms with Gasteiger partial charge in [0.1, 0.15) is 0 Å². The van der Waals surface area contributed by atoms with Gasteiger partial charge in [0.2, 0.25) is 5.91 Å². The summed E-state index contributed by atoms with van der Waals surface area (Å²) in [5.74, 6) is 0.0666. The van der Waals surface area contributed by atoms with E-state index in [0.717, 1.165) is 32.6 Å². The summed E-state index contributed by atoms with van der Waals surface area (Å²) < 4.78 is 0. The predicted octanol–water partition coefficient (Wildman–Crippen LogP) is -1.13. The van der Waals surface area contributed by atoms with E-state index >= 15 is 0 Å². The number of carbonyl (C=O) groups excluding carboxylic acids is 1. The number of hydrogen-bond donors (Lipinski definition) is 2. The summed E-state index contributed by atoms with van der Waals surface area (Å²) in [7, 11) is 3.64. The van der Waals surface area contributed by atoms with Crippen molar-refractivity contribution >= 4 is 5.91 Å². The normalized spacial score (nSPS) is 19.4. The standard InChI is InChI=1S/C9H20N4O/c1-12(2)11-9(14)8-13-6-3-4-10-5-7-13/h10H,3-8H2,1-2H3,(H,11,14). The van der Waals surface area contributed by atoms with Gasteiger partial charge in [0, 0.05) is 27.2 Å². The van der Waals surface area contributed by atoms with Crippen LogP contribution < -0.4 is 10.7 Å². The molecule has 0 aliphatic carbocycles. The molecule has 0 saturated carbocycles. The summed E-state index contributed by atoms with van der Waals surface area (Å²) in [6, 6.07) is 0. The third kappa shape index (κ3) is 4.55. The van der Waals surface area contributed by atoms with Crippen molar-refractivity contribution in [1.82, 2.24) is 20.7 Å². The Morgan fingerprint density at radius 1 is 1.43 bits per heavy atom. The Morgan fingerprint density at radius 2 is 2.21 bits per heavy atom. The van der Waals surface area contributed by atoms with Gasteiger partial charge in [-0.1, -0.05) is 0 Å². The van der Waals surface area contributed by atoms with Crippen LogP contribution in [0.3, 0.4) is 0 Å². The molecule has 0 aromatic heterocycles. The minimum atomic E-state index is 0.0666. The number of nitrogens with one attached hydrogen (secondary N) is 2. The molecule has 0 aromatic carbocycles. The molecule has 0 unspecified atom stereocenters. The van der Waals surface area contributed by atoms with Gasteiger partial charge in [0.15, 0.2) is 0 Å². The maximum atomic E-state index is 11.4. The van der Waals surface area contributed by atoms with E-state index in [4.69, 9.17) is 0 Å². The third-order valence-corrected chi connectivity index (χ3v) is 2.15. The number of amides is 1. The van der Waals surface area contributed by atoms with Crippen molar-refractivity contribution in [2.45, 2.75) is 6.42 Å². The van der Waals surface area contributed by atoms with Gasteiger partial charge in [-0.25, -0.2) is 5.01 Å². The molecule has 1 heterocycles. The molecule has 0 radical (unpaired) electrons. The third-order valence-electron chi connectivity index (χ3n) is 2.15. The quantitative estimate of drug-likeness (QED) is 0.566. The minimum Gasteiger partial charge on any atom is -0.315 e. The number of carbonyl (C=O) groups is 1. The van der Waals surface area contributed by atoms with Gasteiger partial charge >= 0.3 is 0 Å². The minimum absolute atomic E-state index is 0.0666. The van der Waals surface area contributed by atoms with Crippen molar-refractivity contribution in [1.29, 1.82) is 0 Å². The molecule has 0 atom stereocenters. The van der Waals surface area contributed by atoms with Crippen molar-refractivity contribution in [2.24, 2.45) is 0 Å². The summed E-state index contributed by atoms with van der Waals surface area (Å²) in [6.07, 6.45) is 1.12. The van der Waals surface area contributed by atoms with Crippen LogP contribution in [0.5, 0.6) is 0 Å². The van der Waals surface area contributed by atoms with Crippen molar-refractivity contribution in [3.05, 3.63) is 0 Å². The molecule has 1 amide bonds. The predicted molar refractivity (Wildman–Crippen MR) is 55.8 cm³/mol. The molecule has 14 heavy (non-hydrogen) atoms. The van der Waals surface area contributed by atoms with Crippen LogP contribution in [-0.4, -0.2) is 62.6 Å². The first-order valence-corrected chi connectivity index (χ1v) is 5.08. The zero-order valence-electron chi connectivity index (χ0n) is 9.05. The molecule has 1 saturated heterocycles. The number of hydrazine groups is 1. The summed E-state index contributed by atoms with van der Waals surface area (Å²) >= 11 is 0. The average Bonchev–Trinajstić information content (AvgIpc) is 2.31. The maximum Gasteiger partial charge on any atom is 0.248 e. The van der Waals surface area contributed by atoms with Crippen molar-refractivity contribution in [3.63, 3.8) is 0 Å². The summed E-state index contributed by atoms with van der Waals surface area (Å²) in [5, 5.41) is 4.99. The van der Waals surface area contributed by atoms with Crippen LogP contribution in [-0.2, 0) is 4.79 Å². The lowest BCUT2D eigenvalue weighted by Gasteiger charge is -2.20. The molecule has 5 nitrogen and oxygen atoms in total. The fourth-order valence-electron chi connectivity index (χ4n) is 1.55. The van der Waals surface area contributed by atoms with Crippen LogP contribution >= 0.6 is 0 Å². The molecule has 82 valence electrons. The fourth-order valence-corrected chi connectivity index (χ4v) is 1.55. The second-order valence-corrected chi connectivity index (χ2v) is 3.81. The lowest BCUT2D eigenvalue weighted by Crippen LogP contribution is -2.44. The molecular formula is C9H20N4O. The Morgan fingerprint density at radius 3 is 2.93 bits per heavy atom. The number of nitrogens with zero attached hydrogens (tertiary/aromatic N) is 2. The van der Waals surface area contributed by atoms with Gasteiger partial charge in [-0.15, -0.1) is 0 Å². The molecule has 0 spiro atoms. The zero-order chi connectivity index (χ0) is 10.4. The molecule has 1 rings (SSSR count). The first-order valence-electron chi connectivity index (χ1n) is 5.08. The first kappa shape index (κ1) is 11.4. The second kappa shape index (κ2) is 5.95. The Hall–Kier alpha value is -0.650. The Labute approximate surface area is 85.4 Å². The van der Waals surface area contributed by atoms with Crippen LogP contribution in [0.2, 0.25) is 0 Å². The molecule has 1 fully saturated rings. The van der Waals surface area contributed by atoms with E-state index in [2.05, 4.69) is 15.6 Å². The van der Waals surface area contributed by atoms with E-state index in [1.54, 1.807) is 5.01 Å². The van der Waals surface area contributed by atoms with Gasteiger partial charge in [-0.05, 0) is 19.5 Å². The summed E-state index contributed by atoms with van der Waals surface area (Å²) in [4.78, 5) is 13.6. The Bertz CT molecular complexity index is 176. The highest BCUT2D eigenvalue weighted by molar-refractivity contribution is 5.77. The molecule has 1 aliphatic heterocycles. The second-order valence-electron chi connectivity index (χ2n) is 3.81. The van der Waals surface area contributed by atoms with Gasteiger partial charge in [-0.2, -0.15) is 0 Å². The van der Waals surface area contributed by atoms with E-state index in [0.29, 0.717) is 6.54 Å². The van der Waals surface area contributed by atoms with Gasteiger partial charge in [0.25, 0.3) is 0 Å². The van der Waals surface area contributed by atoms with Gasteiger partial charge in [0.05, 0.1) is 6.54 Å². The number of hydrogen-bond acceptors (Lipinski definition) is 4. The van der Waals surface area contributed by atoms with Crippen molar-refractivity contribution in [2.75, 3.05) is 46.8 Å². The lowest BCUT2D eigenvalue weighted by molar-refractivity contribution is -0.125. The van der Waals surface area contributed by atoms with Crippen LogP contribution in [0.15, 0.2) is 0 Å². The largest absolute Gasteiger partial charge is 0.315 e. The van der Waals surface area contributed by atoms with Crippen molar-refractivity contribution in [3.8, 4) is 0 Å². The molecular weight excluding hydrogens is 180 g/mol. The summed E-state index contributed by atoms with van der Waals surface area (Å²) in [6.45, 7) is 4.51. The van der Waals surface area contributed by atoms with Crippen molar-refractivity contribution < 1.29 is 4.79 Å². The highest BCUT2D eigenvalue weighted by Crippen LogP contribution is 1.94. The average molecular weight is 200 g/mol. The fraction of sp³-hybridized carbons (Fsp3) is 0.889. The smallest absolute Gasteiger partial charge is 0.248 e. The van der Waals surface area contributed by atoms with E-state index in [1.807, 2.05) is 14.1 Å². The summed E-state index contributed by atoms with van der Waals surface area (Å²) in [5.41, 5.74) is 2.74. The first-order chi connectivity index (χ1) is 6.68. The molecule has 0 aromatic rings. The van der Waals surface area contributed by atoms with Crippen LogP contribution in [0.1, 0.15) is 6.42 Å². The zero-order valence-corrected chi connectivity index (χ0v) is 9.05. The highest BCUT2D eigenvalue weighted by Gasteiger charge is 2.12. The molecule has 1 aliphatic rings. The topological polar surface area (TPSA) is 47.6 Å². The number of rotatable bonds is 3. The Balaban J connectivity index is 2.23. The lowest BCUT2D eigenvalue weighted by atomic mass is 10.4. The van der Waals surface area contributed by atoms with Crippen LogP contribution in [0, 0.1) is 0 Å². The van der Waals surface area contributed by atoms with Gasteiger partial charge < -0.3 is 5.32 Å². The monoisotopic (exact) mass is 200 g/mol. The SMILES string of the molecule is CN(C)NC(=O)CN1CCCNCC1. The molecule has 5 heteroatoms. The highest BCUT2D eigenvalue weighted by atomic mass is 16.2.